The van der Waals surface area contributed by atoms with Crippen LogP contribution in [0.3, 0.4) is 0 Å². The Balaban J connectivity index is 1.51. The molecule has 0 radical (unpaired) electrons. The average molecular weight is 396 g/mol. The largest absolute Gasteiger partial charge is 0.397 e. The molecule has 2 aromatic heterocycles. The number of nitrogens with two attached hydrogens (primary N) is 2. The molecule has 2 aromatic carbocycles. The van der Waals surface area contributed by atoms with Crippen LogP contribution in [0.5, 0.6) is 0 Å². The van der Waals surface area contributed by atoms with Crippen LogP contribution in [0.25, 0.3) is 11.3 Å². The normalized spacial score (nSPS) is 11.6. The number of benzene rings is 2. The van der Waals surface area contributed by atoms with E-state index in [0.29, 0.717) is 22.8 Å². The highest BCUT2D eigenvalue weighted by Crippen LogP contribution is 2.22. The second-order valence-electron chi connectivity index (χ2n) is 6.68. The van der Waals surface area contributed by atoms with Crippen molar-refractivity contribution in [2.45, 2.75) is 6.04 Å². The van der Waals surface area contributed by atoms with Crippen LogP contribution in [-0.2, 0) is 0 Å². The Morgan fingerprint density at radius 2 is 1.73 bits per heavy atom. The molecular weight excluding hydrogens is 376 g/mol. The summed E-state index contributed by atoms with van der Waals surface area (Å²) in [7, 11) is 0. The van der Waals surface area contributed by atoms with Gasteiger partial charge in [-0.25, -0.2) is 9.97 Å². The van der Waals surface area contributed by atoms with Gasteiger partial charge in [-0.15, -0.1) is 0 Å². The van der Waals surface area contributed by atoms with Crippen molar-refractivity contribution >= 4 is 17.3 Å². The van der Waals surface area contributed by atoms with E-state index in [1.165, 1.54) is 0 Å². The van der Waals surface area contributed by atoms with Crippen LogP contribution < -0.4 is 16.8 Å². The minimum atomic E-state index is -0.525. The van der Waals surface area contributed by atoms with Gasteiger partial charge in [0.15, 0.2) is 0 Å². The third kappa shape index (κ3) is 4.16. The number of nitrogens with zero attached hydrogens (tertiary/aromatic N) is 3. The number of para-hydroxylation sites is 2. The van der Waals surface area contributed by atoms with Crippen LogP contribution in [-0.4, -0.2) is 20.9 Å². The topological polar surface area (TPSA) is 120 Å². The predicted molar refractivity (Wildman–Crippen MR) is 117 cm³/mol. The van der Waals surface area contributed by atoms with Crippen molar-refractivity contribution in [3.05, 3.63) is 102 Å². The molecule has 7 nitrogen and oxygen atoms in total. The fourth-order valence-electron chi connectivity index (χ4n) is 2.99. The molecule has 4 aromatic rings. The number of nitrogen functional groups attached to an aromatic ring is 1. The maximum absolute atomic E-state index is 12.5. The zero-order valence-corrected chi connectivity index (χ0v) is 16.1. The summed E-state index contributed by atoms with van der Waals surface area (Å²) < 4.78 is 0. The second kappa shape index (κ2) is 8.50. The van der Waals surface area contributed by atoms with Gasteiger partial charge in [0.1, 0.15) is 5.82 Å². The van der Waals surface area contributed by atoms with Gasteiger partial charge in [-0.3, -0.25) is 9.78 Å². The van der Waals surface area contributed by atoms with Gasteiger partial charge in [-0.1, -0.05) is 24.3 Å². The number of anilines is 2. The first-order chi connectivity index (χ1) is 14.6. The molecule has 0 fully saturated rings. The molecule has 0 aliphatic carbocycles. The number of hydrogen-bond acceptors (Lipinski definition) is 6. The molecule has 7 heteroatoms. The van der Waals surface area contributed by atoms with Crippen molar-refractivity contribution in [3.8, 4) is 11.3 Å². The van der Waals surface area contributed by atoms with Crippen molar-refractivity contribution < 1.29 is 4.79 Å². The average Bonchev–Trinajstić information content (AvgIpc) is 2.81. The van der Waals surface area contributed by atoms with Crippen molar-refractivity contribution in [2.75, 3.05) is 11.1 Å². The predicted octanol–water partition coefficient (Wildman–Crippen LogP) is 3.42. The molecule has 0 aliphatic heterocycles. The van der Waals surface area contributed by atoms with Gasteiger partial charge in [0.25, 0.3) is 5.91 Å². The number of pyridine rings is 1. The van der Waals surface area contributed by atoms with Crippen molar-refractivity contribution in [1.29, 1.82) is 0 Å². The molecule has 2 heterocycles. The van der Waals surface area contributed by atoms with Gasteiger partial charge >= 0.3 is 0 Å². The molecule has 0 aliphatic rings. The molecule has 0 spiro atoms. The molecule has 0 bridgehead atoms. The lowest BCUT2D eigenvalue weighted by molar-refractivity contribution is 0.102. The third-order valence-corrected chi connectivity index (χ3v) is 4.65. The fraction of sp³-hybridized carbons (Fsp3) is 0.0435. The van der Waals surface area contributed by atoms with Crippen LogP contribution in [0.15, 0.2) is 85.3 Å². The first kappa shape index (κ1) is 19.2. The van der Waals surface area contributed by atoms with Crippen LogP contribution in [0.1, 0.15) is 27.8 Å². The highest BCUT2D eigenvalue weighted by molar-refractivity contribution is 6.05. The first-order valence-corrected chi connectivity index (χ1v) is 9.36. The Morgan fingerprint density at radius 3 is 2.47 bits per heavy atom. The summed E-state index contributed by atoms with van der Waals surface area (Å²) in [5.41, 5.74) is 16.3. The number of aromatic nitrogens is 3. The molecule has 0 saturated carbocycles. The number of hydrogen-bond donors (Lipinski definition) is 3. The Bertz CT molecular complexity index is 1160. The maximum atomic E-state index is 12.5. The van der Waals surface area contributed by atoms with E-state index in [2.05, 4.69) is 20.3 Å². The van der Waals surface area contributed by atoms with Crippen LogP contribution in [0.4, 0.5) is 11.4 Å². The Morgan fingerprint density at radius 1 is 0.933 bits per heavy atom. The smallest absolute Gasteiger partial charge is 0.255 e. The van der Waals surface area contributed by atoms with E-state index in [0.717, 1.165) is 16.8 Å². The summed E-state index contributed by atoms with van der Waals surface area (Å²) >= 11 is 0. The molecule has 4 rings (SSSR count). The van der Waals surface area contributed by atoms with Crippen LogP contribution in [0, 0.1) is 0 Å². The van der Waals surface area contributed by atoms with E-state index in [9.17, 15) is 4.79 Å². The van der Waals surface area contributed by atoms with E-state index in [1.807, 2.05) is 30.3 Å². The number of amides is 1. The lowest BCUT2D eigenvalue weighted by Crippen LogP contribution is -2.17. The molecule has 1 unspecified atom stereocenters. The Kier molecular flexibility index (Phi) is 5.45. The summed E-state index contributed by atoms with van der Waals surface area (Å²) in [6, 6.07) is 19.2. The Hall–Kier alpha value is -4.10. The summed E-state index contributed by atoms with van der Waals surface area (Å²) in [4.78, 5) is 25.5. The van der Waals surface area contributed by atoms with Gasteiger partial charge in [-0.2, -0.15) is 0 Å². The number of carbonyl (C=O) groups is 1. The third-order valence-electron chi connectivity index (χ3n) is 4.65. The number of carbonyl (C=O) groups excluding carboxylic acids is 1. The van der Waals surface area contributed by atoms with Gasteiger partial charge in [-0.05, 0) is 48.0 Å². The molecule has 5 N–H and O–H groups in total. The lowest BCUT2D eigenvalue weighted by atomic mass is 10.0. The molecule has 30 heavy (non-hydrogen) atoms. The summed E-state index contributed by atoms with van der Waals surface area (Å²) in [6.07, 6.45) is 5.13. The van der Waals surface area contributed by atoms with Crippen molar-refractivity contribution in [2.24, 2.45) is 5.73 Å². The minimum absolute atomic E-state index is 0.247. The minimum Gasteiger partial charge on any atom is -0.397 e. The van der Waals surface area contributed by atoms with E-state index in [1.54, 1.807) is 55.0 Å². The van der Waals surface area contributed by atoms with Gasteiger partial charge < -0.3 is 16.8 Å². The van der Waals surface area contributed by atoms with E-state index >= 15 is 0 Å². The lowest BCUT2D eigenvalue weighted by Gasteiger charge is -2.13. The summed E-state index contributed by atoms with van der Waals surface area (Å²) in [5, 5.41) is 2.81. The quantitative estimate of drug-likeness (QED) is 0.445. The fourth-order valence-corrected chi connectivity index (χ4v) is 2.99. The number of nitrogens with one attached hydrogen (secondary N) is 1. The second-order valence-corrected chi connectivity index (χ2v) is 6.68. The highest BCUT2D eigenvalue weighted by atomic mass is 16.1. The Labute approximate surface area is 173 Å². The SMILES string of the molecule is Nc1ccccc1NC(=O)c1ccc(C(N)c2nccc(-c3cccnc3)n2)cc1. The number of rotatable bonds is 5. The molecule has 0 saturated heterocycles. The monoisotopic (exact) mass is 396 g/mol. The molecule has 1 atom stereocenters. The summed E-state index contributed by atoms with van der Waals surface area (Å²) in [6.45, 7) is 0. The maximum Gasteiger partial charge on any atom is 0.255 e. The summed E-state index contributed by atoms with van der Waals surface area (Å²) in [5.74, 6) is 0.244. The van der Waals surface area contributed by atoms with Crippen LogP contribution >= 0.6 is 0 Å². The zero-order chi connectivity index (χ0) is 20.9. The molecule has 148 valence electrons. The first-order valence-electron chi connectivity index (χ1n) is 9.36. The van der Waals surface area contributed by atoms with Gasteiger partial charge in [0.2, 0.25) is 0 Å². The van der Waals surface area contributed by atoms with Gasteiger partial charge in [0.05, 0.1) is 23.1 Å². The van der Waals surface area contributed by atoms with E-state index < -0.39 is 6.04 Å². The van der Waals surface area contributed by atoms with Crippen molar-refractivity contribution in [3.63, 3.8) is 0 Å². The highest BCUT2D eigenvalue weighted by Gasteiger charge is 2.15. The van der Waals surface area contributed by atoms with Crippen LogP contribution in [0.2, 0.25) is 0 Å². The molecular formula is C23H20N6O. The standard InChI is InChI=1S/C23H20N6O/c24-18-5-1-2-6-20(18)29-23(30)16-9-7-15(8-10-16)21(25)22-27-13-11-19(28-22)17-4-3-12-26-14-17/h1-14,21H,24-25H2,(H,29,30). The van der Waals surface area contributed by atoms with Crippen molar-refractivity contribution in [1.82, 2.24) is 15.0 Å². The van der Waals surface area contributed by atoms with Gasteiger partial charge in [0, 0.05) is 29.7 Å². The van der Waals surface area contributed by atoms with E-state index in [-0.39, 0.29) is 5.91 Å². The zero-order valence-electron chi connectivity index (χ0n) is 16.1. The molecule has 1 amide bonds. The van der Waals surface area contributed by atoms with E-state index in [4.69, 9.17) is 11.5 Å².